The van der Waals surface area contributed by atoms with Crippen LogP contribution in [0, 0.1) is 0 Å². The fourth-order valence-corrected chi connectivity index (χ4v) is 4.83. The number of rotatable bonds is 6. The lowest BCUT2D eigenvalue weighted by atomic mass is 10.3. The average molecular weight is 375 g/mol. The summed E-state index contributed by atoms with van der Waals surface area (Å²) in [4.78, 5) is 4.53. The van der Waals surface area contributed by atoms with Gasteiger partial charge in [0.05, 0.1) is 10.0 Å². The van der Waals surface area contributed by atoms with Crippen LogP contribution in [0.4, 0.5) is 0 Å². The molecule has 0 aliphatic heterocycles. The Hall–Kier alpha value is 0.0700. The zero-order chi connectivity index (χ0) is 15.2. The zero-order valence-corrected chi connectivity index (χ0v) is 15.8. The summed E-state index contributed by atoms with van der Waals surface area (Å²) in [5, 5.41) is 1.63. The van der Waals surface area contributed by atoms with E-state index in [9.17, 15) is 0 Å². The quantitative estimate of drug-likeness (QED) is 0.484. The molecule has 0 heterocycles. The van der Waals surface area contributed by atoms with E-state index in [2.05, 4.69) is 38.1 Å². The first-order chi connectivity index (χ1) is 10.1. The molecule has 112 valence electrons. The molecule has 5 heteroatoms. The maximum atomic E-state index is 6.31. The summed E-state index contributed by atoms with van der Waals surface area (Å²) in [5.74, 6) is 2.05. The van der Waals surface area contributed by atoms with E-state index in [-0.39, 0.29) is 0 Å². The van der Waals surface area contributed by atoms with Crippen molar-refractivity contribution in [3.8, 4) is 0 Å². The molecule has 21 heavy (non-hydrogen) atoms. The number of hydrogen-bond donors (Lipinski definition) is 0. The molecule has 0 atom stereocenters. The van der Waals surface area contributed by atoms with Crippen LogP contribution in [-0.4, -0.2) is 11.5 Å². The Balaban J connectivity index is 2.14. The molecule has 0 aliphatic rings. The lowest BCUT2D eigenvalue weighted by molar-refractivity contribution is 1.31. The number of benzene rings is 2. The first-order valence-electron chi connectivity index (χ1n) is 6.66. The minimum atomic E-state index is 0.816. The van der Waals surface area contributed by atoms with Crippen LogP contribution in [-0.2, 0) is 0 Å². The third kappa shape index (κ3) is 5.04. The van der Waals surface area contributed by atoms with Gasteiger partial charge in [-0.3, -0.25) is 0 Å². The van der Waals surface area contributed by atoms with E-state index < -0.39 is 0 Å². The molecule has 0 N–H and O–H groups in total. The fraction of sp³-hybridized carbons (Fsp3) is 0.250. The monoisotopic (exact) mass is 374 g/mol. The predicted octanol–water partition coefficient (Wildman–Crippen LogP) is 7.37. The Morgan fingerprint density at radius 1 is 0.762 bits per heavy atom. The van der Waals surface area contributed by atoms with Crippen molar-refractivity contribution in [1.29, 1.82) is 0 Å². The van der Waals surface area contributed by atoms with Gasteiger partial charge in [-0.25, -0.2) is 0 Å². The summed E-state index contributed by atoms with van der Waals surface area (Å²) in [5.41, 5.74) is 0. The van der Waals surface area contributed by atoms with Crippen molar-refractivity contribution in [1.82, 2.24) is 0 Å². The molecule has 0 fully saturated rings. The Bertz CT molecular complexity index is 561. The second-order valence-electron chi connectivity index (χ2n) is 4.15. The molecule has 2 aromatic rings. The molecule has 0 amide bonds. The molecule has 0 unspecified atom stereocenters. The van der Waals surface area contributed by atoms with Crippen molar-refractivity contribution in [3.05, 3.63) is 46.4 Å². The first-order valence-corrected chi connectivity index (χ1v) is 10.2. The molecule has 0 bridgehead atoms. The lowest BCUT2D eigenvalue weighted by Gasteiger charge is -2.08. The van der Waals surface area contributed by atoms with Gasteiger partial charge in [0.2, 0.25) is 0 Å². The maximum Gasteiger partial charge on any atom is 0.0553 e. The Labute approximate surface area is 149 Å². The zero-order valence-electron chi connectivity index (χ0n) is 11.9. The lowest BCUT2D eigenvalue weighted by Crippen LogP contribution is -1.80. The molecular formula is C16H16Cl2S3. The summed E-state index contributed by atoms with van der Waals surface area (Å²) in [6.07, 6.45) is 0. The number of hydrogen-bond acceptors (Lipinski definition) is 3. The van der Waals surface area contributed by atoms with Crippen LogP contribution in [0.1, 0.15) is 13.8 Å². The van der Waals surface area contributed by atoms with Crippen LogP contribution >= 0.6 is 58.5 Å². The van der Waals surface area contributed by atoms with E-state index in [0.29, 0.717) is 0 Å². The van der Waals surface area contributed by atoms with Crippen molar-refractivity contribution in [3.63, 3.8) is 0 Å². The van der Waals surface area contributed by atoms with Gasteiger partial charge in [-0.05, 0) is 47.9 Å². The Kier molecular flexibility index (Phi) is 7.17. The van der Waals surface area contributed by atoms with Crippen molar-refractivity contribution >= 4 is 58.5 Å². The van der Waals surface area contributed by atoms with Gasteiger partial charge in [0.15, 0.2) is 0 Å². The molecule has 0 saturated heterocycles. The highest BCUT2D eigenvalue weighted by Crippen LogP contribution is 2.37. The van der Waals surface area contributed by atoms with E-state index in [4.69, 9.17) is 23.2 Å². The van der Waals surface area contributed by atoms with Gasteiger partial charge in [0, 0.05) is 19.6 Å². The van der Waals surface area contributed by atoms with Gasteiger partial charge in [0.25, 0.3) is 0 Å². The van der Waals surface area contributed by atoms with E-state index in [0.717, 1.165) is 41.1 Å². The first kappa shape index (κ1) is 17.4. The normalized spacial score (nSPS) is 10.9. The maximum absolute atomic E-state index is 6.31. The van der Waals surface area contributed by atoms with Crippen molar-refractivity contribution in [2.45, 2.75) is 33.4 Å². The van der Waals surface area contributed by atoms with Crippen molar-refractivity contribution < 1.29 is 0 Å². The SMILES string of the molecule is CCSc1ccc(Sc2ccc(SCC)c(Cl)c2)cc1Cl. The van der Waals surface area contributed by atoms with Gasteiger partial charge in [-0.15, -0.1) is 23.5 Å². The van der Waals surface area contributed by atoms with E-state index >= 15 is 0 Å². The van der Waals surface area contributed by atoms with Crippen molar-refractivity contribution in [2.75, 3.05) is 11.5 Å². The minimum Gasteiger partial charge on any atom is -0.125 e. The standard InChI is InChI=1S/C16H16Cl2S3/c1-3-19-15-7-5-11(9-13(15)17)21-12-6-8-16(20-4-2)14(18)10-12/h5-10H,3-4H2,1-2H3. The summed E-state index contributed by atoms with van der Waals surface area (Å²) < 4.78 is 0. The van der Waals surface area contributed by atoms with Crippen LogP contribution in [0.3, 0.4) is 0 Å². The van der Waals surface area contributed by atoms with E-state index in [1.54, 1.807) is 35.3 Å². The summed E-state index contributed by atoms with van der Waals surface area (Å²) in [7, 11) is 0. The average Bonchev–Trinajstić information content (AvgIpc) is 2.45. The van der Waals surface area contributed by atoms with Crippen LogP contribution in [0.15, 0.2) is 56.0 Å². The fourth-order valence-electron chi connectivity index (χ4n) is 1.77. The highest BCUT2D eigenvalue weighted by atomic mass is 35.5. The van der Waals surface area contributed by atoms with Gasteiger partial charge >= 0.3 is 0 Å². The van der Waals surface area contributed by atoms with E-state index in [1.807, 2.05) is 12.1 Å². The van der Waals surface area contributed by atoms with Crippen LogP contribution in [0.25, 0.3) is 0 Å². The highest BCUT2D eigenvalue weighted by Gasteiger charge is 2.06. The molecule has 0 nitrogen and oxygen atoms in total. The topological polar surface area (TPSA) is 0 Å². The summed E-state index contributed by atoms with van der Waals surface area (Å²) in [6, 6.07) is 12.4. The smallest absolute Gasteiger partial charge is 0.0553 e. The second-order valence-corrected chi connectivity index (χ2v) is 8.73. The molecule has 2 aromatic carbocycles. The Morgan fingerprint density at radius 3 is 1.52 bits per heavy atom. The van der Waals surface area contributed by atoms with Gasteiger partial charge in [-0.2, -0.15) is 0 Å². The molecule has 0 spiro atoms. The molecule has 0 radical (unpaired) electrons. The third-order valence-corrected chi connectivity index (χ3v) is 6.38. The number of halogens is 2. The number of thioether (sulfide) groups is 2. The largest absolute Gasteiger partial charge is 0.125 e. The van der Waals surface area contributed by atoms with Gasteiger partial charge in [0.1, 0.15) is 0 Å². The molecule has 0 aromatic heterocycles. The summed E-state index contributed by atoms with van der Waals surface area (Å²) >= 11 is 17.8. The van der Waals surface area contributed by atoms with Gasteiger partial charge in [-0.1, -0.05) is 48.8 Å². The highest BCUT2D eigenvalue weighted by molar-refractivity contribution is 8.00. The second kappa shape index (κ2) is 8.64. The summed E-state index contributed by atoms with van der Waals surface area (Å²) in [6.45, 7) is 4.25. The minimum absolute atomic E-state index is 0.816. The van der Waals surface area contributed by atoms with Crippen LogP contribution < -0.4 is 0 Å². The molecule has 2 rings (SSSR count). The molecular weight excluding hydrogens is 359 g/mol. The molecule has 0 saturated carbocycles. The Morgan fingerprint density at radius 2 is 1.19 bits per heavy atom. The van der Waals surface area contributed by atoms with Crippen LogP contribution in [0.5, 0.6) is 0 Å². The van der Waals surface area contributed by atoms with E-state index in [1.165, 1.54) is 0 Å². The molecule has 0 aliphatic carbocycles. The van der Waals surface area contributed by atoms with Crippen LogP contribution in [0.2, 0.25) is 10.0 Å². The predicted molar refractivity (Wildman–Crippen MR) is 99.8 cm³/mol. The van der Waals surface area contributed by atoms with Crippen molar-refractivity contribution in [2.24, 2.45) is 0 Å². The third-order valence-electron chi connectivity index (χ3n) is 2.64. The van der Waals surface area contributed by atoms with Gasteiger partial charge < -0.3 is 0 Å².